The van der Waals surface area contributed by atoms with Crippen molar-refractivity contribution in [2.75, 3.05) is 29.1 Å². The molecule has 3 heterocycles. The quantitative estimate of drug-likeness (QED) is 0.191. The van der Waals surface area contributed by atoms with E-state index in [-0.39, 0.29) is 30.8 Å². The molecule has 14 heteroatoms. The lowest BCUT2D eigenvalue weighted by Gasteiger charge is -2.17. The number of amides is 1. The largest absolute Gasteiger partial charge is 0.486 e. The van der Waals surface area contributed by atoms with Crippen LogP contribution in [0.2, 0.25) is 0 Å². The van der Waals surface area contributed by atoms with Crippen LogP contribution in [0.5, 0.6) is 11.5 Å². The number of sulfonamides is 1. The van der Waals surface area contributed by atoms with E-state index in [9.17, 15) is 22.0 Å². The van der Waals surface area contributed by atoms with Crippen molar-refractivity contribution in [1.82, 2.24) is 19.5 Å². The van der Waals surface area contributed by atoms with Crippen LogP contribution in [0.15, 0.2) is 79.1 Å². The number of rotatable bonds is 11. The Hall–Kier alpha value is -5.11. The second kappa shape index (κ2) is 12.7. The number of carbonyl (C=O) groups is 1. The molecule has 1 fully saturated rings. The van der Waals surface area contributed by atoms with Crippen LogP contribution in [0.3, 0.4) is 0 Å². The minimum atomic E-state index is -3.53. The molecule has 46 heavy (non-hydrogen) atoms. The molecule has 238 valence electrons. The molecule has 0 N–H and O–H groups in total. The van der Waals surface area contributed by atoms with Crippen LogP contribution in [-0.4, -0.2) is 60.3 Å². The zero-order chi connectivity index (χ0) is 32.4. The van der Waals surface area contributed by atoms with Crippen LogP contribution in [0.4, 0.5) is 20.4 Å². The van der Waals surface area contributed by atoms with Gasteiger partial charge in [-0.05, 0) is 42.3 Å². The lowest BCUT2D eigenvalue weighted by atomic mass is 10.1. The molecule has 0 unspecified atom stereocenters. The first-order chi connectivity index (χ1) is 22.1. The van der Waals surface area contributed by atoms with E-state index in [1.165, 1.54) is 25.5 Å². The van der Waals surface area contributed by atoms with E-state index in [2.05, 4.69) is 9.97 Å². The first-order valence-corrected chi connectivity index (χ1v) is 16.2. The Labute approximate surface area is 264 Å². The molecule has 5 aromatic rings. The third kappa shape index (κ3) is 6.61. The van der Waals surface area contributed by atoms with E-state index in [1.807, 2.05) is 41.0 Å². The number of hydrogen-bond acceptors (Lipinski definition) is 8. The van der Waals surface area contributed by atoms with Gasteiger partial charge in [0.2, 0.25) is 21.9 Å². The number of imidazole rings is 1. The average molecular weight is 649 g/mol. The molecule has 2 aromatic heterocycles. The fourth-order valence-corrected chi connectivity index (χ4v) is 5.64. The Morgan fingerprint density at radius 1 is 1.00 bits per heavy atom. The Morgan fingerprint density at radius 3 is 2.50 bits per heavy atom. The van der Waals surface area contributed by atoms with E-state index < -0.39 is 16.6 Å². The number of halogens is 2. The zero-order valence-corrected chi connectivity index (χ0v) is 25.8. The summed E-state index contributed by atoms with van der Waals surface area (Å²) < 4.78 is 64.1. The normalized spacial score (nSPS) is 13.5. The number of para-hydroxylation sites is 1. The standard InChI is InChI=1S/C32H30F2N6O5S/c1-38(46(2,42)43)32-35-17-23(18-36-32)21-12-13-26-27(15-21)40(19-22-7-3-4-10-28(22)45-31(33)34)29(37-26)20-44-25-9-5-8-24(16-25)39-14-6-11-30(39)41/h3-5,7-10,12-13,15-18,31H,6,11,14,19-20H2,1-2H3. The van der Waals surface area contributed by atoms with Gasteiger partial charge in [0.25, 0.3) is 0 Å². The highest BCUT2D eigenvalue weighted by Gasteiger charge is 2.22. The molecule has 0 atom stereocenters. The minimum absolute atomic E-state index is 0.0330. The van der Waals surface area contributed by atoms with Gasteiger partial charge in [-0.1, -0.05) is 30.3 Å². The van der Waals surface area contributed by atoms with Gasteiger partial charge in [0.1, 0.15) is 23.9 Å². The predicted octanol–water partition coefficient (Wildman–Crippen LogP) is 5.24. The predicted molar refractivity (Wildman–Crippen MR) is 169 cm³/mol. The SMILES string of the molecule is CN(c1ncc(-c2ccc3nc(COc4cccc(N5CCCC5=O)c4)n(Cc4ccccc4OC(F)F)c3c2)cn1)S(C)(=O)=O. The third-order valence-corrected chi connectivity index (χ3v) is 8.82. The number of aromatic nitrogens is 4. The van der Waals surface area contributed by atoms with Gasteiger partial charge in [0.05, 0.1) is 23.8 Å². The summed E-state index contributed by atoms with van der Waals surface area (Å²) in [5, 5.41) is 0. The van der Waals surface area contributed by atoms with E-state index in [0.717, 1.165) is 28.2 Å². The summed E-state index contributed by atoms with van der Waals surface area (Å²) in [6.07, 6.45) is 5.44. The molecule has 0 aliphatic carbocycles. The van der Waals surface area contributed by atoms with E-state index >= 15 is 0 Å². The summed E-state index contributed by atoms with van der Waals surface area (Å²) in [5.41, 5.74) is 3.96. The van der Waals surface area contributed by atoms with Crippen molar-refractivity contribution in [3.05, 3.63) is 90.5 Å². The summed E-state index contributed by atoms with van der Waals surface area (Å²) in [6, 6.07) is 19.4. The topological polar surface area (TPSA) is 120 Å². The lowest BCUT2D eigenvalue weighted by molar-refractivity contribution is -0.117. The Balaban J connectivity index is 1.36. The van der Waals surface area contributed by atoms with E-state index in [0.29, 0.717) is 46.7 Å². The van der Waals surface area contributed by atoms with E-state index in [1.54, 1.807) is 29.2 Å². The fourth-order valence-electron chi connectivity index (χ4n) is 5.25. The average Bonchev–Trinajstić information content (AvgIpc) is 3.62. The highest BCUT2D eigenvalue weighted by atomic mass is 32.2. The fraction of sp³-hybridized carbons (Fsp3) is 0.250. The number of hydrogen-bond donors (Lipinski definition) is 0. The first-order valence-electron chi connectivity index (χ1n) is 14.4. The highest BCUT2D eigenvalue weighted by Crippen LogP contribution is 2.30. The van der Waals surface area contributed by atoms with Gasteiger partial charge in [0, 0.05) is 55.3 Å². The smallest absolute Gasteiger partial charge is 0.387 e. The van der Waals surface area contributed by atoms with E-state index in [4.69, 9.17) is 14.5 Å². The second-order valence-corrected chi connectivity index (χ2v) is 12.8. The van der Waals surface area contributed by atoms with Gasteiger partial charge in [-0.25, -0.2) is 27.7 Å². The molecule has 0 saturated carbocycles. The highest BCUT2D eigenvalue weighted by molar-refractivity contribution is 7.92. The first kappa shape index (κ1) is 30.9. The van der Waals surface area contributed by atoms with Gasteiger partial charge in [-0.2, -0.15) is 8.78 Å². The van der Waals surface area contributed by atoms with Gasteiger partial charge >= 0.3 is 6.61 Å². The molecule has 3 aromatic carbocycles. The number of carbonyl (C=O) groups excluding carboxylic acids is 1. The van der Waals surface area contributed by atoms with Gasteiger partial charge in [0.15, 0.2) is 0 Å². The zero-order valence-electron chi connectivity index (χ0n) is 25.0. The number of fused-ring (bicyclic) bond motifs is 1. The molecule has 1 aliphatic heterocycles. The van der Waals surface area contributed by atoms with Crippen LogP contribution in [-0.2, 0) is 28.0 Å². The monoisotopic (exact) mass is 648 g/mol. The van der Waals surface area contributed by atoms with Crippen molar-refractivity contribution >= 4 is 38.6 Å². The van der Waals surface area contributed by atoms with Crippen LogP contribution < -0.4 is 18.7 Å². The molecule has 1 saturated heterocycles. The van der Waals surface area contributed by atoms with Crippen molar-refractivity contribution < 1.29 is 31.5 Å². The number of anilines is 2. The maximum absolute atomic E-state index is 13.2. The molecular weight excluding hydrogens is 618 g/mol. The number of alkyl halides is 2. The summed E-state index contributed by atoms with van der Waals surface area (Å²) >= 11 is 0. The van der Waals surface area contributed by atoms with Crippen molar-refractivity contribution in [1.29, 1.82) is 0 Å². The molecule has 0 spiro atoms. The minimum Gasteiger partial charge on any atom is -0.486 e. The van der Waals surface area contributed by atoms with Gasteiger partial charge in [-0.3, -0.25) is 4.79 Å². The van der Waals surface area contributed by atoms with Crippen molar-refractivity contribution in [3.8, 4) is 22.6 Å². The second-order valence-electron chi connectivity index (χ2n) is 10.7. The molecule has 11 nitrogen and oxygen atoms in total. The molecule has 1 aliphatic rings. The van der Waals surface area contributed by atoms with Crippen LogP contribution >= 0.6 is 0 Å². The number of benzene rings is 3. The maximum Gasteiger partial charge on any atom is 0.387 e. The van der Waals surface area contributed by atoms with Crippen molar-refractivity contribution in [2.45, 2.75) is 32.6 Å². The van der Waals surface area contributed by atoms with Crippen molar-refractivity contribution in [3.63, 3.8) is 0 Å². The molecule has 1 amide bonds. The molecule has 6 rings (SSSR count). The number of nitrogens with zero attached hydrogens (tertiary/aromatic N) is 6. The van der Waals surface area contributed by atoms with Crippen LogP contribution in [0.25, 0.3) is 22.2 Å². The Morgan fingerprint density at radius 2 is 1.78 bits per heavy atom. The lowest BCUT2D eigenvalue weighted by Crippen LogP contribution is -2.26. The van der Waals surface area contributed by atoms with Crippen LogP contribution in [0, 0.1) is 0 Å². The van der Waals surface area contributed by atoms with Crippen LogP contribution in [0.1, 0.15) is 24.2 Å². The molecule has 0 radical (unpaired) electrons. The summed E-state index contributed by atoms with van der Waals surface area (Å²) in [7, 11) is -2.16. The number of ether oxygens (including phenoxy) is 2. The van der Waals surface area contributed by atoms with Crippen molar-refractivity contribution in [2.24, 2.45) is 0 Å². The van der Waals surface area contributed by atoms with Gasteiger partial charge < -0.3 is 18.9 Å². The summed E-state index contributed by atoms with van der Waals surface area (Å²) in [4.78, 5) is 27.3. The Kier molecular flexibility index (Phi) is 8.54. The summed E-state index contributed by atoms with van der Waals surface area (Å²) in [6.45, 7) is -2.13. The third-order valence-electron chi connectivity index (χ3n) is 7.67. The van der Waals surface area contributed by atoms with Gasteiger partial charge in [-0.15, -0.1) is 0 Å². The summed E-state index contributed by atoms with van der Waals surface area (Å²) in [5.74, 6) is 1.23. The Bertz CT molecular complexity index is 2000. The molecular formula is C32H30F2N6O5S. The maximum atomic E-state index is 13.2. The molecule has 0 bridgehead atoms.